The van der Waals surface area contributed by atoms with E-state index >= 15 is 0 Å². The van der Waals surface area contributed by atoms with Crippen LogP contribution in [-0.2, 0) is 14.3 Å². The highest BCUT2D eigenvalue weighted by molar-refractivity contribution is 5.76. The molecule has 2 atom stereocenters. The second-order valence-corrected chi connectivity index (χ2v) is 27.4. The first-order chi connectivity index (χ1) is 43.0. The molecule has 0 aromatic heterocycles. The molecule has 0 spiro atoms. The Labute approximate surface area is 544 Å². The fraction of sp³-hybridized carbons (Fsp3) is 0.901. The summed E-state index contributed by atoms with van der Waals surface area (Å²) < 4.78 is 5.49. The minimum Gasteiger partial charge on any atom is -0.466 e. The molecule has 6 heteroatoms. The number of aliphatic hydroxyl groups is 2. The van der Waals surface area contributed by atoms with Crippen molar-refractivity contribution in [2.24, 2.45) is 0 Å². The number of rotatable bonds is 75. The van der Waals surface area contributed by atoms with Gasteiger partial charge in [0.1, 0.15) is 0 Å². The van der Waals surface area contributed by atoms with Gasteiger partial charge in [-0.25, -0.2) is 0 Å². The number of carbonyl (C=O) groups is 2. The molecule has 0 aromatic carbocycles. The van der Waals surface area contributed by atoms with Crippen molar-refractivity contribution in [2.75, 3.05) is 13.2 Å². The molecule has 87 heavy (non-hydrogen) atoms. The molecule has 0 aliphatic heterocycles. The number of amides is 1. The fourth-order valence-corrected chi connectivity index (χ4v) is 12.6. The van der Waals surface area contributed by atoms with Crippen molar-refractivity contribution in [1.29, 1.82) is 0 Å². The van der Waals surface area contributed by atoms with E-state index in [-0.39, 0.29) is 18.5 Å². The van der Waals surface area contributed by atoms with Crippen LogP contribution < -0.4 is 5.32 Å². The van der Waals surface area contributed by atoms with Crippen molar-refractivity contribution >= 4 is 11.9 Å². The Balaban J connectivity index is 3.37. The molecule has 514 valence electrons. The van der Waals surface area contributed by atoms with E-state index in [4.69, 9.17) is 4.74 Å². The van der Waals surface area contributed by atoms with Gasteiger partial charge in [-0.1, -0.05) is 384 Å². The molecule has 0 aliphatic rings. The van der Waals surface area contributed by atoms with Gasteiger partial charge in [-0.3, -0.25) is 9.59 Å². The number of aliphatic hydroxyl groups excluding tert-OH is 2. The molecule has 2 unspecified atom stereocenters. The van der Waals surface area contributed by atoms with E-state index in [1.165, 1.54) is 360 Å². The van der Waals surface area contributed by atoms with E-state index in [0.29, 0.717) is 25.9 Å². The van der Waals surface area contributed by atoms with Gasteiger partial charge in [-0.2, -0.15) is 0 Å². The standard InChI is InChI=1S/C81H155NO5/c1-3-5-7-9-11-13-15-17-19-21-22-23-24-33-36-39-42-45-49-53-57-61-65-69-73-79(84)78(77-83)82-80(85)74-70-66-62-58-54-50-46-43-40-37-34-31-29-27-25-26-28-30-32-35-38-41-44-48-52-56-60-64-68-72-76-87-81(86)75-71-67-63-59-55-51-47-20-18-16-14-12-10-8-6-4-2/h14,16,20,26,28,47,78-79,83-84H,3-13,15,17-19,21-25,27,29-46,48-77H2,1-2H3,(H,82,85)/b16-14-,28-26-,47-20-. The van der Waals surface area contributed by atoms with Gasteiger partial charge >= 0.3 is 5.97 Å². The van der Waals surface area contributed by atoms with Gasteiger partial charge in [-0.05, 0) is 83.5 Å². The first-order valence-corrected chi connectivity index (χ1v) is 39.7. The third-order valence-electron chi connectivity index (χ3n) is 18.7. The molecule has 0 fully saturated rings. The van der Waals surface area contributed by atoms with Crippen LogP contribution >= 0.6 is 0 Å². The molecule has 0 heterocycles. The Hall–Kier alpha value is -1.92. The van der Waals surface area contributed by atoms with Gasteiger partial charge in [0.05, 0.1) is 25.4 Å². The number of carbonyl (C=O) groups excluding carboxylic acids is 2. The average Bonchev–Trinajstić information content (AvgIpc) is 3.53. The van der Waals surface area contributed by atoms with E-state index < -0.39 is 12.1 Å². The van der Waals surface area contributed by atoms with Crippen LogP contribution in [0.5, 0.6) is 0 Å². The lowest BCUT2D eigenvalue weighted by atomic mass is 10.0. The Morgan fingerprint density at radius 1 is 0.322 bits per heavy atom. The highest BCUT2D eigenvalue weighted by Crippen LogP contribution is 2.20. The summed E-state index contributed by atoms with van der Waals surface area (Å²) in [6.45, 7) is 4.98. The molecule has 0 saturated carbocycles. The minimum absolute atomic E-state index is 0.00443. The minimum atomic E-state index is -0.665. The second-order valence-electron chi connectivity index (χ2n) is 27.4. The predicted octanol–water partition coefficient (Wildman–Crippen LogP) is 26.2. The summed E-state index contributed by atoms with van der Waals surface area (Å²) in [7, 11) is 0. The van der Waals surface area contributed by atoms with Crippen LogP contribution in [0, 0.1) is 0 Å². The molecular formula is C81H155NO5. The first-order valence-electron chi connectivity index (χ1n) is 39.7. The number of allylic oxidation sites excluding steroid dienone is 6. The van der Waals surface area contributed by atoms with Crippen molar-refractivity contribution in [3.63, 3.8) is 0 Å². The molecular weight excluding hydrogens is 1070 g/mol. The Bertz CT molecular complexity index is 1410. The number of hydrogen-bond donors (Lipinski definition) is 3. The molecule has 0 bridgehead atoms. The van der Waals surface area contributed by atoms with Crippen molar-refractivity contribution in [2.45, 2.75) is 456 Å². The Morgan fingerprint density at radius 2 is 0.575 bits per heavy atom. The zero-order chi connectivity index (χ0) is 62.8. The number of unbranched alkanes of at least 4 members (excludes halogenated alkanes) is 58. The van der Waals surface area contributed by atoms with Crippen LogP contribution in [0.3, 0.4) is 0 Å². The van der Waals surface area contributed by atoms with Crippen molar-refractivity contribution in [1.82, 2.24) is 5.32 Å². The van der Waals surface area contributed by atoms with Gasteiger partial charge in [0.15, 0.2) is 0 Å². The summed E-state index contributed by atoms with van der Waals surface area (Å²) in [5, 5.41) is 23.5. The van der Waals surface area contributed by atoms with Gasteiger partial charge in [0, 0.05) is 12.8 Å². The molecule has 6 nitrogen and oxygen atoms in total. The Kier molecular flexibility index (Phi) is 74.8. The second kappa shape index (κ2) is 76.5. The lowest BCUT2D eigenvalue weighted by Crippen LogP contribution is -2.45. The maximum Gasteiger partial charge on any atom is 0.305 e. The summed E-state index contributed by atoms with van der Waals surface area (Å²) in [4.78, 5) is 24.7. The molecule has 1 amide bonds. The third-order valence-corrected chi connectivity index (χ3v) is 18.7. The molecule has 3 N–H and O–H groups in total. The van der Waals surface area contributed by atoms with Crippen LogP contribution in [0.25, 0.3) is 0 Å². The highest BCUT2D eigenvalue weighted by Gasteiger charge is 2.20. The monoisotopic (exact) mass is 1220 g/mol. The van der Waals surface area contributed by atoms with E-state index in [2.05, 4.69) is 55.6 Å². The molecule has 0 rings (SSSR count). The van der Waals surface area contributed by atoms with Gasteiger partial charge in [-0.15, -0.1) is 0 Å². The van der Waals surface area contributed by atoms with Crippen molar-refractivity contribution in [3.8, 4) is 0 Å². The van der Waals surface area contributed by atoms with Crippen molar-refractivity contribution < 1.29 is 24.5 Å². The smallest absolute Gasteiger partial charge is 0.305 e. The van der Waals surface area contributed by atoms with E-state index in [1.54, 1.807) is 0 Å². The highest BCUT2D eigenvalue weighted by atomic mass is 16.5. The summed E-state index contributed by atoms with van der Waals surface area (Å²) >= 11 is 0. The van der Waals surface area contributed by atoms with Gasteiger partial charge in [0.25, 0.3) is 0 Å². The zero-order valence-electron chi connectivity index (χ0n) is 59.0. The average molecular weight is 1220 g/mol. The topological polar surface area (TPSA) is 95.9 Å². The molecule has 0 aromatic rings. The van der Waals surface area contributed by atoms with Crippen LogP contribution in [0.15, 0.2) is 36.5 Å². The SMILES string of the molecule is CCCCCC/C=C\C/C=C\CCCCCCCC(=O)OCCCCCCCCCCCCCC/C=C\CCCCCCCCCCCCCCCCC(=O)NC(CO)C(O)CCCCCCCCCCCCCCCCCCCCCCCCCC. The zero-order valence-corrected chi connectivity index (χ0v) is 59.0. The number of esters is 1. The van der Waals surface area contributed by atoms with Crippen LogP contribution in [0.4, 0.5) is 0 Å². The lowest BCUT2D eigenvalue weighted by Gasteiger charge is -2.22. The number of ether oxygens (including phenoxy) is 1. The molecule has 0 radical (unpaired) electrons. The van der Waals surface area contributed by atoms with Gasteiger partial charge in [0.2, 0.25) is 5.91 Å². The quantitative estimate of drug-likeness (QED) is 0.0320. The number of hydrogen-bond acceptors (Lipinski definition) is 5. The third kappa shape index (κ3) is 73.0. The summed E-state index contributed by atoms with van der Waals surface area (Å²) in [5.41, 5.74) is 0. The maximum absolute atomic E-state index is 12.6. The maximum atomic E-state index is 12.6. The first kappa shape index (κ1) is 85.1. The van der Waals surface area contributed by atoms with Crippen LogP contribution in [0.1, 0.15) is 444 Å². The summed E-state index contributed by atoms with van der Waals surface area (Å²) in [6, 6.07) is -0.542. The Morgan fingerprint density at radius 3 is 0.897 bits per heavy atom. The van der Waals surface area contributed by atoms with Crippen LogP contribution in [0.2, 0.25) is 0 Å². The van der Waals surface area contributed by atoms with Crippen molar-refractivity contribution in [3.05, 3.63) is 36.5 Å². The largest absolute Gasteiger partial charge is 0.466 e. The fourth-order valence-electron chi connectivity index (χ4n) is 12.6. The van der Waals surface area contributed by atoms with Crippen LogP contribution in [-0.4, -0.2) is 47.4 Å². The normalized spacial score (nSPS) is 12.6. The molecule has 0 aliphatic carbocycles. The van der Waals surface area contributed by atoms with E-state index in [1.807, 2.05) is 0 Å². The molecule has 0 saturated heterocycles. The predicted molar refractivity (Wildman–Crippen MR) is 384 cm³/mol. The van der Waals surface area contributed by atoms with E-state index in [9.17, 15) is 19.8 Å². The van der Waals surface area contributed by atoms with E-state index in [0.717, 1.165) is 51.4 Å². The lowest BCUT2D eigenvalue weighted by molar-refractivity contribution is -0.143. The van der Waals surface area contributed by atoms with Gasteiger partial charge < -0.3 is 20.3 Å². The summed E-state index contributed by atoms with van der Waals surface area (Å²) in [5.74, 6) is -0.0238. The summed E-state index contributed by atoms with van der Waals surface area (Å²) in [6.07, 6.45) is 99.4. The number of nitrogens with one attached hydrogen (secondary N) is 1.